The number of aromatic hydroxyl groups is 2. The molecule has 0 heterocycles. The van der Waals surface area contributed by atoms with Gasteiger partial charge in [-0.2, -0.15) is 0 Å². The number of aliphatic carboxylic acids is 1. The molecule has 0 aliphatic heterocycles. The molecule has 2 aromatic carbocycles. The molecular weight excluding hydrogens is 358 g/mol. The Balaban J connectivity index is 0.000000568. The molecule has 6 heteroatoms. The highest BCUT2D eigenvalue weighted by molar-refractivity contribution is 5.68. The summed E-state index contributed by atoms with van der Waals surface area (Å²) in [5.74, 6) is -0.488. The van der Waals surface area contributed by atoms with Crippen molar-refractivity contribution in [1.82, 2.24) is 5.32 Å². The van der Waals surface area contributed by atoms with Gasteiger partial charge in [-0.1, -0.05) is 38.1 Å². The van der Waals surface area contributed by atoms with Gasteiger partial charge < -0.3 is 25.7 Å². The molecule has 0 aromatic heterocycles. The number of aliphatic hydroxyl groups excluding tert-OH is 1. The highest BCUT2D eigenvalue weighted by Gasteiger charge is 2.09. The molecule has 5 N–H and O–H groups in total. The van der Waals surface area contributed by atoms with E-state index >= 15 is 0 Å². The average Bonchev–Trinajstić information content (AvgIpc) is 2.66. The predicted octanol–water partition coefficient (Wildman–Crippen LogP) is 3.47. The monoisotopic (exact) mass is 389 g/mol. The quantitative estimate of drug-likeness (QED) is 0.473. The lowest BCUT2D eigenvalue weighted by Gasteiger charge is -2.17. The summed E-state index contributed by atoms with van der Waals surface area (Å²) in [7, 11) is 0. The maximum atomic E-state index is 10.1. The summed E-state index contributed by atoms with van der Waals surface area (Å²) in [6.07, 6.45) is 1.29. The third-order valence-electron chi connectivity index (χ3n) is 4.23. The lowest BCUT2D eigenvalue weighted by atomic mass is 10.1. The first-order valence-corrected chi connectivity index (χ1v) is 9.40. The normalized spacial score (nSPS) is 12.8. The maximum Gasteiger partial charge on any atom is 0.305 e. The number of hydrogen-bond acceptors (Lipinski definition) is 5. The van der Waals surface area contributed by atoms with Gasteiger partial charge in [0.25, 0.3) is 0 Å². The second-order valence-corrected chi connectivity index (χ2v) is 7.11. The van der Waals surface area contributed by atoms with Crippen molar-refractivity contribution in [2.75, 3.05) is 6.54 Å². The minimum absolute atomic E-state index is 0.200. The van der Waals surface area contributed by atoms with Crippen molar-refractivity contribution in [2.45, 2.75) is 45.8 Å². The second kappa shape index (κ2) is 12.0. The van der Waals surface area contributed by atoms with Crippen LogP contribution in [0.15, 0.2) is 48.5 Å². The molecule has 154 valence electrons. The Kier molecular flexibility index (Phi) is 10.1. The Labute approximate surface area is 166 Å². The number of phenols is 2. The summed E-state index contributed by atoms with van der Waals surface area (Å²) >= 11 is 0. The summed E-state index contributed by atoms with van der Waals surface area (Å²) in [6.45, 7) is 5.84. The summed E-state index contributed by atoms with van der Waals surface area (Å²) in [5, 5.41) is 39.9. The SMILES string of the molecule is CC(C)C(=O)O.C[C@H](CCc1ccc(O)cc1)NC[C@H](O)c1ccc(O)cc1. The van der Waals surface area contributed by atoms with Gasteiger partial charge in [0.15, 0.2) is 0 Å². The highest BCUT2D eigenvalue weighted by atomic mass is 16.4. The highest BCUT2D eigenvalue weighted by Crippen LogP contribution is 2.16. The van der Waals surface area contributed by atoms with E-state index in [-0.39, 0.29) is 23.5 Å². The number of carboxylic acid groups (broad SMARTS) is 1. The van der Waals surface area contributed by atoms with E-state index in [9.17, 15) is 20.1 Å². The molecule has 2 atom stereocenters. The average molecular weight is 389 g/mol. The van der Waals surface area contributed by atoms with Crippen molar-refractivity contribution in [3.05, 3.63) is 59.7 Å². The minimum atomic E-state index is -0.741. The molecule has 0 unspecified atom stereocenters. The Morgan fingerprint density at radius 3 is 1.86 bits per heavy atom. The first-order valence-electron chi connectivity index (χ1n) is 9.40. The zero-order valence-corrected chi connectivity index (χ0v) is 16.7. The van der Waals surface area contributed by atoms with E-state index in [0.717, 1.165) is 18.4 Å². The van der Waals surface area contributed by atoms with E-state index in [1.165, 1.54) is 5.56 Å². The molecule has 0 spiro atoms. The van der Waals surface area contributed by atoms with Crippen molar-refractivity contribution < 1.29 is 25.2 Å². The van der Waals surface area contributed by atoms with Gasteiger partial charge in [0, 0.05) is 12.6 Å². The Hall–Kier alpha value is -2.57. The number of aliphatic hydroxyl groups is 1. The molecule has 0 aliphatic carbocycles. The van der Waals surface area contributed by atoms with Crippen LogP contribution in [0.25, 0.3) is 0 Å². The summed E-state index contributed by atoms with van der Waals surface area (Å²) in [4.78, 5) is 9.70. The summed E-state index contributed by atoms with van der Waals surface area (Å²) in [5.41, 5.74) is 1.97. The summed E-state index contributed by atoms with van der Waals surface area (Å²) in [6, 6.07) is 14.1. The number of nitrogens with one attached hydrogen (secondary N) is 1. The number of carboxylic acids is 1. The van der Waals surface area contributed by atoms with Crippen molar-refractivity contribution in [3.63, 3.8) is 0 Å². The van der Waals surface area contributed by atoms with Gasteiger partial charge in [0.1, 0.15) is 11.5 Å². The number of aryl methyl sites for hydroxylation is 1. The molecule has 0 saturated carbocycles. The largest absolute Gasteiger partial charge is 0.508 e. The second-order valence-electron chi connectivity index (χ2n) is 7.11. The van der Waals surface area contributed by atoms with Gasteiger partial charge >= 0.3 is 5.97 Å². The zero-order chi connectivity index (χ0) is 21.1. The fraction of sp³-hybridized carbons (Fsp3) is 0.409. The van der Waals surface area contributed by atoms with Crippen molar-refractivity contribution in [1.29, 1.82) is 0 Å². The van der Waals surface area contributed by atoms with Crippen LogP contribution in [0, 0.1) is 5.92 Å². The molecule has 6 nitrogen and oxygen atoms in total. The van der Waals surface area contributed by atoms with Crippen LogP contribution in [0.2, 0.25) is 0 Å². The number of hydrogen-bond donors (Lipinski definition) is 5. The molecule has 0 bridgehead atoms. The van der Waals surface area contributed by atoms with Crippen LogP contribution in [0.5, 0.6) is 11.5 Å². The number of carbonyl (C=O) groups is 1. The van der Waals surface area contributed by atoms with Gasteiger partial charge in [0.05, 0.1) is 12.0 Å². The number of rotatable bonds is 8. The molecule has 0 amide bonds. The minimum Gasteiger partial charge on any atom is -0.508 e. The van der Waals surface area contributed by atoms with Gasteiger partial charge in [-0.05, 0) is 55.2 Å². The van der Waals surface area contributed by atoms with Crippen LogP contribution in [0.1, 0.15) is 44.4 Å². The Morgan fingerprint density at radius 1 is 0.929 bits per heavy atom. The standard InChI is InChI=1S/C18H23NO3.C4H8O2/c1-13(2-3-14-4-8-16(20)9-5-14)19-12-18(22)15-6-10-17(21)11-7-15;1-3(2)4(5)6/h4-11,13,18-22H,2-3,12H2,1H3;3H,1-2H3,(H,5,6)/t13-,18+;/m1./s1. The van der Waals surface area contributed by atoms with Crippen LogP contribution < -0.4 is 5.32 Å². The van der Waals surface area contributed by atoms with Crippen LogP contribution >= 0.6 is 0 Å². The van der Waals surface area contributed by atoms with E-state index in [2.05, 4.69) is 12.2 Å². The van der Waals surface area contributed by atoms with Crippen LogP contribution in [0.4, 0.5) is 0 Å². The first kappa shape index (κ1) is 23.5. The van der Waals surface area contributed by atoms with Gasteiger partial charge in [-0.3, -0.25) is 4.79 Å². The summed E-state index contributed by atoms with van der Waals surface area (Å²) < 4.78 is 0. The molecule has 2 aromatic rings. The Bertz CT molecular complexity index is 698. The van der Waals surface area contributed by atoms with E-state index in [0.29, 0.717) is 6.54 Å². The van der Waals surface area contributed by atoms with Crippen LogP contribution in [0.3, 0.4) is 0 Å². The van der Waals surface area contributed by atoms with Crippen LogP contribution in [-0.2, 0) is 11.2 Å². The fourth-order valence-corrected chi connectivity index (χ4v) is 2.27. The molecule has 0 saturated heterocycles. The zero-order valence-electron chi connectivity index (χ0n) is 16.7. The smallest absolute Gasteiger partial charge is 0.305 e. The van der Waals surface area contributed by atoms with Crippen LogP contribution in [-0.4, -0.2) is 39.0 Å². The van der Waals surface area contributed by atoms with Crippen molar-refractivity contribution >= 4 is 5.97 Å². The molecular formula is C22H31NO5. The van der Waals surface area contributed by atoms with Gasteiger partial charge in [0.2, 0.25) is 0 Å². The lowest BCUT2D eigenvalue weighted by molar-refractivity contribution is -0.140. The topological polar surface area (TPSA) is 110 Å². The van der Waals surface area contributed by atoms with Crippen molar-refractivity contribution in [2.24, 2.45) is 5.92 Å². The van der Waals surface area contributed by atoms with Gasteiger partial charge in [-0.25, -0.2) is 0 Å². The molecule has 28 heavy (non-hydrogen) atoms. The predicted molar refractivity (Wildman–Crippen MR) is 109 cm³/mol. The Morgan fingerprint density at radius 2 is 1.39 bits per heavy atom. The maximum absolute atomic E-state index is 10.1. The third kappa shape index (κ3) is 9.39. The molecule has 0 aliphatic rings. The number of benzene rings is 2. The third-order valence-corrected chi connectivity index (χ3v) is 4.23. The van der Waals surface area contributed by atoms with E-state index in [1.54, 1.807) is 50.2 Å². The van der Waals surface area contributed by atoms with Gasteiger partial charge in [-0.15, -0.1) is 0 Å². The van der Waals surface area contributed by atoms with E-state index in [1.807, 2.05) is 12.1 Å². The van der Waals surface area contributed by atoms with E-state index in [4.69, 9.17) is 5.11 Å². The first-order chi connectivity index (χ1) is 13.2. The molecule has 2 rings (SSSR count). The van der Waals surface area contributed by atoms with E-state index < -0.39 is 12.1 Å². The number of phenolic OH excluding ortho intramolecular Hbond substituents is 2. The lowest BCUT2D eigenvalue weighted by Crippen LogP contribution is -2.30. The molecule has 0 fully saturated rings. The molecule has 0 radical (unpaired) electrons. The fourth-order valence-electron chi connectivity index (χ4n) is 2.27. The van der Waals surface area contributed by atoms with Crippen molar-refractivity contribution in [3.8, 4) is 11.5 Å².